The van der Waals surface area contributed by atoms with Crippen molar-refractivity contribution in [3.8, 4) is 5.88 Å². The highest BCUT2D eigenvalue weighted by molar-refractivity contribution is 5.87. The summed E-state index contributed by atoms with van der Waals surface area (Å²) in [6, 6.07) is 4.31. The van der Waals surface area contributed by atoms with Gasteiger partial charge in [-0.25, -0.2) is 0 Å². The van der Waals surface area contributed by atoms with E-state index in [1.807, 2.05) is 0 Å². The number of fused-ring (bicyclic) bond motifs is 1. The third-order valence-electron chi connectivity index (χ3n) is 2.44. The van der Waals surface area contributed by atoms with E-state index in [1.54, 1.807) is 6.92 Å². The van der Waals surface area contributed by atoms with Gasteiger partial charge in [0.05, 0.1) is 12.2 Å². The van der Waals surface area contributed by atoms with Crippen LogP contribution in [-0.4, -0.2) is 11.6 Å². The van der Waals surface area contributed by atoms with Gasteiger partial charge in [-0.2, -0.15) is 13.2 Å². The van der Waals surface area contributed by atoms with E-state index in [-0.39, 0.29) is 11.3 Å². The largest absolute Gasteiger partial charge is 0.479 e. The standard InChI is InChI=1S/C12H10F3NO2/c1-2-18-11-9-4-3-8(12(13,14)15)5-7(9)6-10(17)16-11/h3-6H,2H2,1H3,(H,16,17). The second-order valence-corrected chi connectivity index (χ2v) is 3.70. The summed E-state index contributed by atoms with van der Waals surface area (Å²) in [5.74, 6) is 0.189. The molecule has 0 aliphatic carbocycles. The Hall–Kier alpha value is -1.98. The minimum atomic E-state index is -4.43. The van der Waals surface area contributed by atoms with Crippen LogP contribution >= 0.6 is 0 Å². The van der Waals surface area contributed by atoms with Crippen LogP contribution in [0.5, 0.6) is 5.88 Å². The van der Waals surface area contributed by atoms with Crippen LogP contribution in [0.1, 0.15) is 12.5 Å². The third kappa shape index (κ3) is 2.32. The van der Waals surface area contributed by atoms with Crippen LogP contribution in [0.2, 0.25) is 0 Å². The van der Waals surface area contributed by atoms with E-state index in [0.717, 1.165) is 18.2 Å². The number of H-pyrrole nitrogens is 1. The highest BCUT2D eigenvalue weighted by Crippen LogP contribution is 2.32. The van der Waals surface area contributed by atoms with Crippen molar-refractivity contribution in [2.24, 2.45) is 0 Å². The molecule has 0 saturated carbocycles. The molecule has 0 spiro atoms. The molecule has 0 saturated heterocycles. The minimum Gasteiger partial charge on any atom is -0.479 e. The Kier molecular flexibility index (Phi) is 3.02. The lowest BCUT2D eigenvalue weighted by Crippen LogP contribution is -2.09. The molecule has 3 nitrogen and oxygen atoms in total. The molecule has 0 aliphatic rings. The lowest BCUT2D eigenvalue weighted by atomic mass is 10.1. The summed E-state index contributed by atoms with van der Waals surface area (Å²) in [5, 5.41) is 0.654. The molecule has 6 heteroatoms. The van der Waals surface area contributed by atoms with E-state index in [0.29, 0.717) is 12.0 Å². The van der Waals surface area contributed by atoms with Crippen molar-refractivity contribution >= 4 is 10.8 Å². The van der Waals surface area contributed by atoms with Crippen molar-refractivity contribution in [3.05, 3.63) is 40.2 Å². The lowest BCUT2D eigenvalue weighted by Gasteiger charge is -2.10. The Morgan fingerprint density at radius 2 is 2.00 bits per heavy atom. The van der Waals surface area contributed by atoms with Gasteiger partial charge < -0.3 is 4.74 Å². The predicted octanol–water partition coefficient (Wildman–Crippen LogP) is 2.95. The number of nitrogens with one attached hydrogen (secondary N) is 1. The van der Waals surface area contributed by atoms with E-state index < -0.39 is 17.3 Å². The molecule has 1 aromatic carbocycles. The number of rotatable bonds is 2. The van der Waals surface area contributed by atoms with Gasteiger partial charge in [0, 0.05) is 11.5 Å². The van der Waals surface area contributed by atoms with Crippen molar-refractivity contribution in [1.82, 2.24) is 4.98 Å². The molecule has 18 heavy (non-hydrogen) atoms. The van der Waals surface area contributed by atoms with Crippen LogP contribution < -0.4 is 10.3 Å². The topological polar surface area (TPSA) is 42.1 Å². The van der Waals surface area contributed by atoms with Crippen molar-refractivity contribution in [2.45, 2.75) is 13.1 Å². The van der Waals surface area contributed by atoms with E-state index in [1.165, 1.54) is 6.07 Å². The van der Waals surface area contributed by atoms with E-state index in [4.69, 9.17) is 4.74 Å². The zero-order valence-electron chi connectivity index (χ0n) is 9.47. The molecular weight excluding hydrogens is 247 g/mol. The first kappa shape index (κ1) is 12.5. The minimum absolute atomic E-state index is 0.189. The molecule has 0 unspecified atom stereocenters. The Labute approximate surface area is 100 Å². The number of hydrogen-bond acceptors (Lipinski definition) is 2. The molecule has 0 atom stereocenters. The summed E-state index contributed by atoms with van der Waals surface area (Å²) in [6.07, 6.45) is -4.43. The van der Waals surface area contributed by atoms with E-state index in [9.17, 15) is 18.0 Å². The highest BCUT2D eigenvalue weighted by Gasteiger charge is 2.30. The van der Waals surface area contributed by atoms with Gasteiger partial charge in [0.2, 0.25) is 5.88 Å². The highest BCUT2D eigenvalue weighted by atomic mass is 19.4. The molecule has 1 N–H and O–H groups in total. The Morgan fingerprint density at radius 1 is 1.28 bits per heavy atom. The molecule has 1 aromatic heterocycles. The van der Waals surface area contributed by atoms with Gasteiger partial charge in [-0.15, -0.1) is 0 Å². The zero-order valence-corrected chi connectivity index (χ0v) is 9.47. The van der Waals surface area contributed by atoms with Gasteiger partial charge in [-0.3, -0.25) is 9.78 Å². The van der Waals surface area contributed by atoms with Crippen LogP contribution in [-0.2, 0) is 6.18 Å². The number of benzene rings is 1. The van der Waals surface area contributed by atoms with Crippen molar-refractivity contribution in [1.29, 1.82) is 0 Å². The summed E-state index contributed by atoms with van der Waals surface area (Å²) in [7, 11) is 0. The molecular formula is C12H10F3NO2. The first-order chi connectivity index (χ1) is 8.41. The number of halogens is 3. The third-order valence-corrected chi connectivity index (χ3v) is 2.44. The smallest absolute Gasteiger partial charge is 0.416 e. The first-order valence-corrected chi connectivity index (χ1v) is 5.29. The van der Waals surface area contributed by atoms with Crippen LogP contribution in [0.4, 0.5) is 13.2 Å². The number of aromatic nitrogens is 1. The normalized spacial score (nSPS) is 11.8. The van der Waals surface area contributed by atoms with Crippen LogP contribution in [0.25, 0.3) is 10.8 Å². The average molecular weight is 257 g/mol. The summed E-state index contributed by atoms with van der Waals surface area (Å²) in [4.78, 5) is 13.8. The number of pyridine rings is 1. The lowest BCUT2D eigenvalue weighted by molar-refractivity contribution is -0.137. The zero-order chi connectivity index (χ0) is 13.3. The fourth-order valence-electron chi connectivity index (χ4n) is 1.68. The monoisotopic (exact) mass is 257 g/mol. The second-order valence-electron chi connectivity index (χ2n) is 3.70. The molecule has 0 radical (unpaired) electrons. The second kappa shape index (κ2) is 4.36. The van der Waals surface area contributed by atoms with E-state index >= 15 is 0 Å². The maximum Gasteiger partial charge on any atom is 0.416 e. The fraction of sp³-hybridized carbons (Fsp3) is 0.250. The quantitative estimate of drug-likeness (QED) is 0.898. The molecule has 2 rings (SSSR count). The molecule has 2 aromatic rings. The van der Waals surface area contributed by atoms with Crippen molar-refractivity contribution < 1.29 is 17.9 Å². The summed E-state index contributed by atoms with van der Waals surface area (Å²) in [6.45, 7) is 2.04. The van der Waals surface area contributed by atoms with Gasteiger partial charge in [0.15, 0.2) is 0 Å². The maximum absolute atomic E-state index is 12.5. The van der Waals surface area contributed by atoms with Gasteiger partial charge >= 0.3 is 6.18 Å². The van der Waals surface area contributed by atoms with Crippen LogP contribution in [0.3, 0.4) is 0 Å². The molecule has 0 bridgehead atoms. The van der Waals surface area contributed by atoms with Gasteiger partial charge in [0.25, 0.3) is 5.56 Å². The average Bonchev–Trinajstić information content (AvgIpc) is 2.27. The SMILES string of the molecule is CCOc1[nH]c(=O)cc2cc(C(F)(F)F)ccc12. The van der Waals surface area contributed by atoms with Crippen LogP contribution in [0, 0.1) is 0 Å². The summed E-state index contributed by atoms with van der Waals surface area (Å²) < 4.78 is 42.8. The van der Waals surface area contributed by atoms with Gasteiger partial charge in [-0.1, -0.05) is 0 Å². The number of aromatic amines is 1. The molecule has 0 fully saturated rings. The maximum atomic E-state index is 12.5. The Bertz CT molecular complexity index is 631. The number of hydrogen-bond donors (Lipinski definition) is 1. The molecule has 0 aliphatic heterocycles. The summed E-state index contributed by atoms with van der Waals surface area (Å²) >= 11 is 0. The van der Waals surface area contributed by atoms with Gasteiger partial charge in [-0.05, 0) is 30.5 Å². The fourth-order valence-corrected chi connectivity index (χ4v) is 1.68. The molecule has 1 heterocycles. The Morgan fingerprint density at radius 3 is 2.61 bits per heavy atom. The predicted molar refractivity (Wildman–Crippen MR) is 60.7 cm³/mol. The van der Waals surface area contributed by atoms with Crippen molar-refractivity contribution in [2.75, 3.05) is 6.61 Å². The number of alkyl halides is 3. The summed E-state index contributed by atoms with van der Waals surface area (Å²) in [5.41, 5.74) is -1.28. The van der Waals surface area contributed by atoms with Gasteiger partial charge in [0.1, 0.15) is 0 Å². The first-order valence-electron chi connectivity index (χ1n) is 5.29. The van der Waals surface area contributed by atoms with Crippen LogP contribution in [0.15, 0.2) is 29.1 Å². The molecule has 0 amide bonds. The molecule has 96 valence electrons. The Balaban J connectivity index is 2.68. The van der Waals surface area contributed by atoms with Crippen molar-refractivity contribution in [3.63, 3.8) is 0 Å². The van der Waals surface area contributed by atoms with E-state index in [2.05, 4.69) is 4.98 Å². The number of ether oxygens (including phenoxy) is 1.